The molecule has 0 spiro atoms. The van der Waals surface area contributed by atoms with E-state index in [1.807, 2.05) is 0 Å². The molecule has 0 fully saturated rings. The zero-order chi connectivity index (χ0) is 13.1. The number of hydrogen-bond donors (Lipinski definition) is 2. The van der Waals surface area contributed by atoms with Crippen LogP contribution in [0.5, 0.6) is 0 Å². The van der Waals surface area contributed by atoms with Gasteiger partial charge in [0.2, 0.25) is 15.2 Å². The molecule has 0 amide bonds. The van der Waals surface area contributed by atoms with Crippen molar-refractivity contribution >= 4 is 26.5 Å². The Balaban J connectivity index is 2.41. The quantitative estimate of drug-likeness (QED) is 0.778. The van der Waals surface area contributed by atoms with Crippen molar-refractivity contribution in [1.82, 2.24) is 14.9 Å². The molecule has 1 rings (SSSR count). The van der Waals surface area contributed by atoms with E-state index in [1.54, 1.807) is 0 Å². The molecule has 0 aliphatic carbocycles. The molecule has 0 saturated heterocycles. The monoisotopic (exact) mass is 278 g/mol. The Morgan fingerprint density at radius 1 is 1.24 bits per heavy atom. The van der Waals surface area contributed by atoms with Gasteiger partial charge in [0.15, 0.2) is 0 Å². The van der Waals surface area contributed by atoms with Gasteiger partial charge in [0, 0.05) is 18.5 Å². The topological polar surface area (TPSA) is 84.0 Å². The van der Waals surface area contributed by atoms with Gasteiger partial charge in [-0.2, -0.15) is 0 Å². The highest BCUT2D eigenvalue weighted by molar-refractivity contribution is 7.88. The number of anilines is 1. The number of rotatable bonds is 5. The average Bonchev–Trinajstić information content (AvgIpc) is 2.58. The van der Waals surface area contributed by atoms with Crippen molar-refractivity contribution in [3.63, 3.8) is 0 Å². The van der Waals surface area contributed by atoms with Gasteiger partial charge >= 0.3 is 0 Å². The van der Waals surface area contributed by atoms with Gasteiger partial charge in [0.25, 0.3) is 0 Å². The summed E-state index contributed by atoms with van der Waals surface area (Å²) in [7, 11) is -3.12. The SMILES string of the molecule is CC(C)(C)c1nnc(NCCNS(C)(=O)=O)s1. The molecule has 0 aliphatic rings. The third kappa shape index (κ3) is 5.42. The van der Waals surface area contributed by atoms with Crippen molar-refractivity contribution in [3.8, 4) is 0 Å². The van der Waals surface area contributed by atoms with Crippen LogP contribution in [0.15, 0.2) is 0 Å². The molecule has 0 unspecified atom stereocenters. The van der Waals surface area contributed by atoms with Gasteiger partial charge in [0.05, 0.1) is 6.26 Å². The molecule has 6 nitrogen and oxygen atoms in total. The summed E-state index contributed by atoms with van der Waals surface area (Å²) in [6, 6.07) is 0. The summed E-state index contributed by atoms with van der Waals surface area (Å²) in [6.45, 7) is 7.04. The Morgan fingerprint density at radius 3 is 2.35 bits per heavy atom. The van der Waals surface area contributed by atoms with Crippen LogP contribution >= 0.6 is 11.3 Å². The molecule has 1 aromatic rings. The standard InChI is InChI=1S/C9H18N4O2S2/c1-9(2,3)7-12-13-8(16-7)10-5-6-11-17(4,14)15/h11H,5-6H2,1-4H3,(H,10,13). The first kappa shape index (κ1) is 14.3. The van der Waals surface area contributed by atoms with Crippen LogP contribution in [-0.4, -0.2) is 38.0 Å². The second kappa shape index (κ2) is 5.28. The first-order valence-electron chi connectivity index (χ1n) is 5.21. The first-order chi connectivity index (χ1) is 7.68. The maximum absolute atomic E-state index is 10.8. The van der Waals surface area contributed by atoms with E-state index >= 15 is 0 Å². The number of sulfonamides is 1. The fourth-order valence-corrected chi connectivity index (χ4v) is 2.30. The van der Waals surface area contributed by atoms with Crippen LogP contribution in [0.4, 0.5) is 5.13 Å². The lowest BCUT2D eigenvalue weighted by molar-refractivity contribution is 0.578. The Morgan fingerprint density at radius 2 is 1.88 bits per heavy atom. The second-order valence-electron chi connectivity index (χ2n) is 4.76. The number of nitrogens with one attached hydrogen (secondary N) is 2. The largest absolute Gasteiger partial charge is 0.359 e. The Bertz CT molecular complexity index is 462. The van der Waals surface area contributed by atoms with Gasteiger partial charge in [-0.05, 0) is 0 Å². The van der Waals surface area contributed by atoms with Gasteiger partial charge < -0.3 is 5.32 Å². The minimum Gasteiger partial charge on any atom is -0.359 e. The zero-order valence-corrected chi connectivity index (χ0v) is 12.1. The molecule has 0 atom stereocenters. The summed E-state index contributed by atoms with van der Waals surface area (Å²) in [5.41, 5.74) is -0.0113. The summed E-state index contributed by atoms with van der Waals surface area (Å²) >= 11 is 1.49. The van der Waals surface area contributed by atoms with Crippen molar-refractivity contribution in [1.29, 1.82) is 0 Å². The van der Waals surface area contributed by atoms with E-state index in [1.165, 1.54) is 11.3 Å². The highest BCUT2D eigenvalue weighted by atomic mass is 32.2. The number of hydrogen-bond acceptors (Lipinski definition) is 6. The van der Waals surface area contributed by atoms with Crippen molar-refractivity contribution in [2.45, 2.75) is 26.2 Å². The molecule has 1 heterocycles. The minimum absolute atomic E-state index is 0.0113. The Hall–Kier alpha value is -0.730. The highest BCUT2D eigenvalue weighted by Crippen LogP contribution is 2.27. The van der Waals surface area contributed by atoms with E-state index in [0.717, 1.165) is 11.3 Å². The molecule has 17 heavy (non-hydrogen) atoms. The maximum atomic E-state index is 10.8. The van der Waals surface area contributed by atoms with Crippen LogP contribution in [0.1, 0.15) is 25.8 Å². The highest BCUT2D eigenvalue weighted by Gasteiger charge is 2.19. The predicted octanol–water partition coefficient (Wildman–Crippen LogP) is 0.797. The summed E-state index contributed by atoms with van der Waals surface area (Å²) in [5.74, 6) is 0. The van der Waals surface area contributed by atoms with E-state index in [9.17, 15) is 8.42 Å². The van der Waals surface area contributed by atoms with Gasteiger partial charge in [-0.3, -0.25) is 0 Å². The molecule has 0 aliphatic heterocycles. The lowest BCUT2D eigenvalue weighted by Crippen LogP contribution is -2.27. The molecule has 0 bridgehead atoms. The first-order valence-corrected chi connectivity index (χ1v) is 7.92. The molecule has 8 heteroatoms. The predicted molar refractivity (Wildman–Crippen MR) is 69.9 cm³/mol. The third-order valence-corrected chi connectivity index (χ3v) is 3.87. The van der Waals surface area contributed by atoms with Crippen molar-refractivity contribution in [3.05, 3.63) is 5.01 Å². The van der Waals surface area contributed by atoms with E-state index in [-0.39, 0.29) is 5.41 Å². The molecular formula is C9H18N4O2S2. The molecule has 1 aromatic heterocycles. The average molecular weight is 278 g/mol. The summed E-state index contributed by atoms with van der Waals surface area (Å²) in [6.07, 6.45) is 1.13. The van der Waals surface area contributed by atoms with E-state index in [4.69, 9.17) is 0 Å². The lowest BCUT2D eigenvalue weighted by atomic mass is 9.98. The van der Waals surface area contributed by atoms with Crippen LogP contribution in [-0.2, 0) is 15.4 Å². The summed E-state index contributed by atoms with van der Waals surface area (Å²) in [4.78, 5) is 0. The smallest absolute Gasteiger partial charge is 0.208 e. The van der Waals surface area contributed by atoms with Crippen LogP contribution in [0.3, 0.4) is 0 Å². The van der Waals surface area contributed by atoms with Crippen LogP contribution < -0.4 is 10.0 Å². The minimum atomic E-state index is -3.12. The van der Waals surface area contributed by atoms with Crippen molar-refractivity contribution < 1.29 is 8.42 Å². The second-order valence-corrected chi connectivity index (χ2v) is 7.57. The fraction of sp³-hybridized carbons (Fsp3) is 0.778. The Labute approximate surface area is 106 Å². The molecule has 0 radical (unpaired) electrons. The molecule has 2 N–H and O–H groups in total. The van der Waals surface area contributed by atoms with E-state index in [2.05, 4.69) is 41.0 Å². The summed E-state index contributed by atoms with van der Waals surface area (Å²) in [5, 5.41) is 12.8. The normalized spacial score (nSPS) is 12.7. The molecular weight excluding hydrogens is 260 g/mol. The van der Waals surface area contributed by atoms with Gasteiger partial charge in [-0.25, -0.2) is 13.1 Å². The summed E-state index contributed by atoms with van der Waals surface area (Å²) < 4.78 is 24.0. The van der Waals surface area contributed by atoms with Crippen molar-refractivity contribution in [2.75, 3.05) is 24.7 Å². The molecule has 98 valence electrons. The zero-order valence-electron chi connectivity index (χ0n) is 10.4. The number of nitrogens with zero attached hydrogens (tertiary/aromatic N) is 2. The van der Waals surface area contributed by atoms with Crippen LogP contribution in [0.2, 0.25) is 0 Å². The van der Waals surface area contributed by atoms with Gasteiger partial charge in [-0.1, -0.05) is 32.1 Å². The van der Waals surface area contributed by atoms with Gasteiger partial charge in [0.1, 0.15) is 5.01 Å². The van der Waals surface area contributed by atoms with Crippen LogP contribution in [0.25, 0.3) is 0 Å². The fourth-order valence-electron chi connectivity index (χ4n) is 1.00. The molecule has 0 aromatic carbocycles. The van der Waals surface area contributed by atoms with E-state index < -0.39 is 10.0 Å². The number of aromatic nitrogens is 2. The van der Waals surface area contributed by atoms with Crippen molar-refractivity contribution in [2.24, 2.45) is 0 Å². The lowest BCUT2D eigenvalue weighted by Gasteiger charge is -2.12. The Kier molecular flexibility index (Phi) is 4.45. The molecule has 0 saturated carbocycles. The van der Waals surface area contributed by atoms with E-state index in [0.29, 0.717) is 18.2 Å². The van der Waals surface area contributed by atoms with Crippen LogP contribution in [0, 0.1) is 0 Å². The van der Waals surface area contributed by atoms with Gasteiger partial charge in [-0.15, -0.1) is 10.2 Å². The third-order valence-electron chi connectivity index (χ3n) is 1.83. The maximum Gasteiger partial charge on any atom is 0.208 e.